The highest BCUT2D eigenvalue weighted by Crippen LogP contribution is 2.27. The first-order chi connectivity index (χ1) is 15.4. The molecule has 0 atom stereocenters. The van der Waals surface area contributed by atoms with E-state index in [9.17, 15) is 8.42 Å². The molecule has 3 heterocycles. The van der Waals surface area contributed by atoms with Crippen LogP contribution in [0.3, 0.4) is 0 Å². The topological polar surface area (TPSA) is 107 Å². The van der Waals surface area contributed by atoms with Gasteiger partial charge in [-0.2, -0.15) is 5.10 Å². The lowest BCUT2D eigenvalue weighted by Gasteiger charge is -2.20. The van der Waals surface area contributed by atoms with Crippen molar-refractivity contribution in [2.24, 2.45) is 0 Å². The summed E-state index contributed by atoms with van der Waals surface area (Å²) in [5.74, 6) is 0.673. The van der Waals surface area contributed by atoms with Gasteiger partial charge in [-0.25, -0.2) is 27.8 Å². The van der Waals surface area contributed by atoms with E-state index in [0.717, 1.165) is 16.6 Å². The zero-order chi connectivity index (χ0) is 22.7. The first-order valence-corrected chi connectivity index (χ1v) is 11.6. The van der Waals surface area contributed by atoms with Crippen molar-refractivity contribution in [1.82, 2.24) is 29.0 Å². The van der Waals surface area contributed by atoms with Crippen LogP contribution in [0.1, 0.15) is 0 Å². The van der Waals surface area contributed by atoms with Gasteiger partial charge in [0.05, 0.1) is 23.7 Å². The summed E-state index contributed by atoms with van der Waals surface area (Å²) in [6.07, 6.45) is 6.69. The average molecular weight is 476 g/mol. The summed E-state index contributed by atoms with van der Waals surface area (Å²) >= 11 is 6.18. The Bertz CT molecular complexity index is 1320. The van der Waals surface area contributed by atoms with Crippen molar-refractivity contribution < 1.29 is 13.2 Å². The average Bonchev–Trinajstić information content (AvgIpc) is 3.45. The van der Waals surface area contributed by atoms with Gasteiger partial charge in [-0.05, 0) is 24.3 Å². The quantitative estimate of drug-likeness (QED) is 0.395. The summed E-state index contributed by atoms with van der Waals surface area (Å²) in [5, 5.41) is 5.52. The Labute approximate surface area is 190 Å². The van der Waals surface area contributed by atoms with Gasteiger partial charge in [0.2, 0.25) is 0 Å². The largest absolute Gasteiger partial charge is 0.362 e. The third-order valence-corrected chi connectivity index (χ3v) is 6.57. The summed E-state index contributed by atoms with van der Waals surface area (Å²) in [4.78, 5) is 10.7. The molecule has 4 aromatic rings. The van der Waals surface area contributed by atoms with Crippen LogP contribution in [0.5, 0.6) is 0 Å². The molecule has 0 aliphatic carbocycles. The lowest BCUT2D eigenvalue weighted by molar-refractivity contribution is 0.112. The van der Waals surface area contributed by atoms with Crippen LogP contribution < -0.4 is 9.62 Å². The fourth-order valence-electron chi connectivity index (χ4n) is 3.28. The molecule has 0 aliphatic rings. The van der Waals surface area contributed by atoms with E-state index in [1.54, 1.807) is 18.6 Å². The molecule has 168 valence electrons. The third kappa shape index (κ3) is 4.60. The monoisotopic (exact) mass is 475 g/mol. The van der Waals surface area contributed by atoms with E-state index in [0.29, 0.717) is 17.4 Å². The van der Waals surface area contributed by atoms with Gasteiger partial charge in [-0.3, -0.25) is 0 Å². The number of aromatic nitrogens is 5. The van der Waals surface area contributed by atoms with E-state index >= 15 is 0 Å². The molecule has 1 N–H and O–H groups in total. The fraction of sp³-hybridized carbons (Fsp3) is 0.250. The molecule has 10 nitrogen and oxygen atoms in total. The van der Waals surface area contributed by atoms with E-state index in [1.165, 1.54) is 24.1 Å². The standard InChI is InChI=1S/C20H22ClN7O3S/c1-26(9-8-24-32(29,30)20-5-6-23-28(20)14-31-2)19-12-18(27-10-7-22-13-27)16-4-3-15(21)11-17(16)25-19/h3-7,10-13,24H,8-9,14H2,1-2H3. The van der Waals surface area contributed by atoms with Gasteiger partial charge in [0.1, 0.15) is 12.5 Å². The van der Waals surface area contributed by atoms with E-state index in [-0.39, 0.29) is 18.3 Å². The molecule has 12 heteroatoms. The van der Waals surface area contributed by atoms with Gasteiger partial charge in [-0.1, -0.05) is 11.6 Å². The number of sulfonamides is 1. The Balaban J connectivity index is 1.54. The fourth-order valence-corrected chi connectivity index (χ4v) is 4.58. The number of hydrogen-bond acceptors (Lipinski definition) is 7. The van der Waals surface area contributed by atoms with Crippen LogP contribution in [0.15, 0.2) is 60.3 Å². The minimum atomic E-state index is -3.74. The predicted molar refractivity (Wildman–Crippen MR) is 122 cm³/mol. The second-order valence-electron chi connectivity index (χ2n) is 7.04. The molecule has 0 amide bonds. The van der Waals surface area contributed by atoms with Crippen LogP contribution in [0.2, 0.25) is 5.02 Å². The van der Waals surface area contributed by atoms with Gasteiger partial charge >= 0.3 is 0 Å². The molecule has 32 heavy (non-hydrogen) atoms. The molecular weight excluding hydrogens is 454 g/mol. The number of ether oxygens (including phenoxy) is 1. The van der Waals surface area contributed by atoms with Crippen molar-refractivity contribution in [2.75, 3.05) is 32.1 Å². The van der Waals surface area contributed by atoms with Crippen molar-refractivity contribution in [3.8, 4) is 5.69 Å². The minimum absolute atomic E-state index is 0.0443. The van der Waals surface area contributed by atoms with Crippen molar-refractivity contribution in [2.45, 2.75) is 11.8 Å². The predicted octanol–water partition coefficient (Wildman–Crippen LogP) is 2.29. The number of likely N-dealkylation sites (N-methyl/N-ethyl adjacent to an activating group) is 1. The maximum absolute atomic E-state index is 12.6. The molecule has 0 radical (unpaired) electrons. The van der Waals surface area contributed by atoms with E-state index in [2.05, 4.69) is 14.8 Å². The molecule has 0 spiro atoms. The first kappa shape index (κ1) is 22.2. The van der Waals surface area contributed by atoms with Crippen molar-refractivity contribution >= 4 is 38.3 Å². The second kappa shape index (κ2) is 9.25. The Morgan fingerprint density at radius 1 is 1.22 bits per heavy atom. The van der Waals surface area contributed by atoms with Crippen LogP contribution in [-0.2, 0) is 21.5 Å². The van der Waals surface area contributed by atoms with Gasteiger partial charge in [0.25, 0.3) is 10.0 Å². The lowest BCUT2D eigenvalue weighted by atomic mass is 10.1. The highest BCUT2D eigenvalue weighted by atomic mass is 35.5. The number of anilines is 1. The molecule has 0 unspecified atom stereocenters. The first-order valence-electron chi connectivity index (χ1n) is 9.69. The number of hydrogen-bond donors (Lipinski definition) is 1. The number of fused-ring (bicyclic) bond motifs is 1. The van der Waals surface area contributed by atoms with Crippen molar-refractivity contribution in [1.29, 1.82) is 0 Å². The minimum Gasteiger partial charge on any atom is -0.362 e. The molecule has 0 bridgehead atoms. The lowest BCUT2D eigenvalue weighted by Crippen LogP contribution is -2.34. The molecule has 1 aromatic carbocycles. The molecule has 0 fully saturated rings. The van der Waals surface area contributed by atoms with Crippen LogP contribution in [0, 0.1) is 0 Å². The van der Waals surface area contributed by atoms with Crippen LogP contribution >= 0.6 is 11.6 Å². The Morgan fingerprint density at radius 2 is 2.06 bits per heavy atom. The maximum Gasteiger partial charge on any atom is 0.257 e. The van der Waals surface area contributed by atoms with E-state index < -0.39 is 10.0 Å². The maximum atomic E-state index is 12.6. The highest BCUT2D eigenvalue weighted by molar-refractivity contribution is 7.89. The Kier molecular flexibility index (Phi) is 6.42. The normalized spacial score (nSPS) is 11.8. The molecular formula is C20H22ClN7O3S. The molecule has 4 rings (SSSR count). The Morgan fingerprint density at radius 3 is 2.81 bits per heavy atom. The number of pyridine rings is 1. The molecule has 0 aliphatic heterocycles. The summed E-state index contributed by atoms with van der Waals surface area (Å²) in [7, 11) is -0.416. The zero-order valence-electron chi connectivity index (χ0n) is 17.5. The summed E-state index contributed by atoms with van der Waals surface area (Å²) in [5.41, 5.74) is 1.63. The van der Waals surface area contributed by atoms with Gasteiger partial charge in [-0.15, -0.1) is 0 Å². The molecule has 0 saturated carbocycles. The van der Waals surface area contributed by atoms with E-state index in [4.69, 9.17) is 21.3 Å². The summed E-state index contributed by atoms with van der Waals surface area (Å²) in [6.45, 7) is 0.608. The van der Waals surface area contributed by atoms with Crippen LogP contribution in [0.25, 0.3) is 16.6 Å². The van der Waals surface area contributed by atoms with Gasteiger partial charge < -0.3 is 14.2 Å². The highest BCUT2D eigenvalue weighted by Gasteiger charge is 2.19. The van der Waals surface area contributed by atoms with Crippen LogP contribution in [-0.4, -0.2) is 60.0 Å². The number of nitrogens with one attached hydrogen (secondary N) is 1. The molecule has 3 aromatic heterocycles. The Hall–Kier alpha value is -2.99. The summed E-state index contributed by atoms with van der Waals surface area (Å²) in [6, 6.07) is 8.89. The van der Waals surface area contributed by atoms with E-state index in [1.807, 2.05) is 40.9 Å². The summed E-state index contributed by atoms with van der Waals surface area (Å²) < 4.78 is 36.0. The van der Waals surface area contributed by atoms with Gasteiger partial charge in [0, 0.05) is 56.1 Å². The number of rotatable bonds is 9. The smallest absolute Gasteiger partial charge is 0.257 e. The van der Waals surface area contributed by atoms with Crippen LogP contribution in [0.4, 0.5) is 5.82 Å². The van der Waals surface area contributed by atoms with Crippen molar-refractivity contribution in [3.63, 3.8) is 0 Å². The number of halogens is 1. The second-order valence-corrected chi connectivity index (χ2v) is 9.19. The number of imidazole rings is 1. The number of nitrogens with zero attached hydrogens (tertiary/aromatic N) is 6. The SMILES string of the molecule is COCn1nccc1S(=O)(=O)NCCN(C)c1cc(-n2ccnc2)c2ccc(Cl)cc2n1. The number of benzene rings is 1. The zero-order valence-corrected chi connectivity index (χ0v) is 19.1. The van der Waals surface area contributed by atoms with Crippen molar-refractivity contribution in [3.05, 3.63) is 60.3 Å². The number of methoxy groups -OCH3 is 1. The third-order valence-electron chi connectivity index (χ3n) is 4.85. The molecule has 0 saturated heterocycles. The van der Waals surface area contributed by atoms with Gasteiger partial charge in [0.15, 0.2) is 5.03 Å².